The Kier molecular flexibility index (Phi) is 4.30. The maximum absolute atomic E-state index is 11.8. The van der Waals surface area contributed by atoms with E-state index < -0.39 is 0 Å². The second kappa shape index (κ2) is 6.15. The van der Waals surface area contributed by atoms with Crippen molar-refractivity contribution in [1.82, 2.24) is 10.3 Å². The van der Waals surface area contributed by atoms with Crippen LogP contribution in [0.15, 0.2) is 18.3 Å². The lowest BCUT2D eigenvalue weighted by atomic mass is 10.0. The van der Waals surface area contributed by atoms with E-state index in [1.807, 2.05) is 6.07 Å². The van der Waals surface area contributed by atoms with Gasteiger partial charge in [0.2, 0.25) is 0 Å². The summed E-state index contributed by atoms with van der Waals surface area (Å²) in [7, 11) is 0. The van der Waals surface area contributed by atoms with Gasteiger partial charge in [0, 0.05) is 12.7 Å². The molecular formula is C14H17N3O. The van der Waals surface area contributed by atoms with E-state index in [9.17, 15) is 4.79 Å². The van der Waals surface area contributed by atoms with E-state index in [1.165, 1.54) is 31.9 Å². The Morgan fingerprint density at radius 2 is 2.22 bits per heavy atom. The summed E-state index contributed by atoms with van der Waals surface area (Å²) in [6, 6.07) is 5.13. The third kappa shape index (κ3) is 3.30. The Hall–Kier alpha value is -1.89. The summed E-state index contributed by atoms with van der Waals surface area (Å²) in [5, 5.41) is 11.5. The molecule has 1 N–H and O–H groups in total. The van der Waals surface area contributed by atoms with Gasteiger partial charge in [-0.15, -0.1) is 0 Å². The van der Waals surface area contributed by atoms with Crippen LogP contribution in [0, 0.1) is 17.2 Å². The summed E-state index contributed by atoms with van der Waals surface area (Å²) >= 11 is 0. The number of nitrogens with one attached hydrogen (secondary N) is 1. The van der Waals surface area contributed by atoms with Gasteiger partial charge in [-0.2, -0.15) is 5.26 Å². The van der Waals surface area contributed by atoms with E-state index >= 15 is 0 Å². The van der Waals surface area contributed by atoms with Crippen molar-refractivity contribution in [2.45, 2.75) is 32.1 Å². The van der Waals surface area contributed by atoms with E-state index in [0.29, 0.717) is 11.3 Å². The third-order valence-electron chi connectivity index (χ3n) is 3.45. The minimum absolute atomic E-state index is 0.106. The zero-order valence-corrected chi connectivity index (χ0v) is 10.4. The summed E-state index contributed by atoms with van der Waals surface area (Å²) in [5.41, 5.74) is 0.845. The molecule has 4 heteroatoms. The number of pyridine rings is 1. The fourth-order valence-electron chi connectivity index (χ4n) is 2.39. The molecule has 0 atom stereocenters. The van der Waals surface area contributed by atoms with Crippen LogP contribution < -0.4 is 5.32 Å². The summed E-state index contributed by atoms with van der Waals surface area (Å²) in [4.78, 5) is 15.7. The van der Waals surface area contributed by atoms with Crippen LogP contribution in [0.5, 0.6) is 0 Å². The van der Waals surface area contributed by atoms with Crippen LogP contribution in [0.1, 0.15) is 48.2 Å². The number of amides is 1. The molecule has 1 heterocycles. The van der Waals surface area contributed by atoms with E-state index in [-0.39, 0.29) is 5.91 Å². The molecule has 4 nitrogen and oxygen atoms in total. The van der Waals surface area contributed by atoms with Gasteiger partial charge >= 0.3 is 0 Å². The smallest absolute Gasteiger partial charge is 0.252 e. The van der Waals surface area contributed by atoms with Gasteiger partial charge in [-0.05, 0) is 24.5 Å². The van der Waals surface area contributed by atoms with Crippen LogP contribution >= 0.6 is 0 Å². The molecular weight excluding hydrogens is 226 g/mol. The monoisotopic (exact) mass is 243 g/mol. The van der Waals surface area contributed by atoms with Crippen molar-refractivity contribution in [1.29, 1.82) is 5.26 Å². The summed E-state index contributed by atoms with van der Waals surface area (Å²) in [5.74, 6) is 0.675. The molecule has 0 bridgehead atoms. The first-order chi connectivity index (χ1) is 8.79. The van der Waals surface area contributed by atoms with Crippen LogP contribution in [0.3, 0.4) is 0 Å². The fourth-order valence-corrected chi connectivity index (χ4v) is 2.39. The second-order valence-corrected chi connectivity index (χ2v) is 4.74. The lowest BCUT2D eigenvalue weighted by Crippen LogP contribution is -2.25. The first-order valence-corrected chi connectivity index (χ1v) is 6.44. The molecule has 0 saturated heterocycles. The molecule has 2 rings (SSSR count). The number of carbonyl (C=O) groups is 1. The predicted molar refractivity (Wildman–Crippen MR) is 67.9 cm³/mol. The molecule has 1 saturated carbocycles. The largest absolute Gasteiger partial charge is 0.352 e. The molecule has 18 heavy (non-hydrogen) atoms. The Morgan fingerprint density at radius 1 is 1.44 bits per heavy atom. The SMILES string of the molecule is N#Cc1ccc(C(=O)NCCC2CCCC2)cn1. The van der Waals surface area contributed by atoms with Crippen LogP contribution in [-0.2, 0) is 0 Å². The Labute approximate surface area is 107 Å². The Balaban J connectivity index is 1.78. The Morgan fingerprint density at radius 3 is 2.83 bits per heavy atom. The minimum Gasteiger partial charge on any atom is -0.352 e. The van der Waals surface area contributed by atoms with Crippen molar-refractivity contribution < 1.29 is 4.79 Å². The summed E-state index contributed by atoms with van der Waals surface area (Å²) < 4.78 is 0. The number of aromatic nitrogens is 1. The molecule has 0 radical (unpaired) electrons. The van der Waals surface area contributed by atoms with Crippen LogP contribution in [0.2, 0.25) is 0 Å². The van der Waals surface area contributed by atoms with Gasteiger partial charge in [0.1, 0.15) is 11.8 Å². The van der Waals surface area contributed by atoms with Crippen LogP contribution in [-0.4, -0.2) is 17.4 Å². The van der Waals surface area contributed by atoms with Crippen molar-refractivity contribution in [3.05, 3.63) is 29.6 Å². The van der Waals surface area contributed by atoms with E-state index in [0.717, 1.165) is 18.9 Å². The maximum atomic E-state index is 11.8. The molecule has 0 aliphatic heterocycles. The van der Waals surface area contributed by atoms with Crippen LogP contribution in [0.25, 0.3) is 0 Å². The highest BCUT2D eigenvalue weighted by Crippen LogP contribution is 2.26. The number of nitrogens with zero attached hydrogens (tertiary/aromatic N) is 2. The van der Waals surface area contributed by atoms with Gasteiger partial charge in [-0.3, -0.25) is 4.79 Å². The highest BCUT2D eigenvalue weighted by Gasteiger charge is 2.15. The van der Waals surface area contributed by atoms with Crippen LogP contribution in [0.4, 0.5) is 0 Å². The number of hydrogen-bond donors (Lipinski definition) is 1. The van der Waals surface area contributed by atoms with E-state index in [1.54, 1.807) is 12.1 Å². The second-order valence-electron chi connectivity index (χ2n) is 4.74. The van der Waals surface area contributed by atoms with Gasteiger partial charge in [-0.1, -0.05) is 25.7 Å². The molecule has 1 amide bonds. The number of rotatable bonds is 4. The predicted octanol–water partition coefficient (Wildman–Crippen LogP) is 2.26. The highest BCUT2D eigenvalue weighted by atomic mass is 16.1. The fraction of sp³-hybridized carbons (Fsp3) is 0.500. The van der Waals surface area contributed by atoms with Crippen molar-refractivity contribution in [2.75, 3.05) is 6.54 Å². The highest BCUT2D eigenvalue weighted by molar-refractivity contribution is 5.93. The lowest BCUT2D eigenvalue weighted by Gasteiger charge is -2.09. The molecule has 1 aromatic rings. The van der Waals surface area contributed by atoms with E-state index in [4.69, 9.17) is 5.26 Å². The molecule has 0 unspecified atom stereocenters. The molecule has 94 valence electrons. The molecule has 1 aliphatic rings. The van der Waals surface area contributed by atoms with Gasteiger partial charge in [0.05, 0.1) is 5.56 Å². The Bertz CT molecular complexity index is 441. The number of nitriles is 1. The molecule has 0 aromatic carbocycles. The normalized spacial score (nSPS) is 15.3. The zero-order chi connectivity index (χ0) is 12.8. The zero-order valence-electron chi connectivity index (χ0n) is 10.4. The van der Waals surface area contributed by atoms with Crippen molar-refractivity contribution in [2.24, 2.45) is 5.92 Å². The van der Waals surface area contributed by atoms with Gasteiger partial charge in [0.25, 0.3) is 5.91 Å². The number of hydrogen-bond acceptors (Lipinski definition) is 3. The average Bonchev–Trinajstić information content (AvgIpc) is 2.92. The van der Waals surface area contributed by atoms with Crippen molar-refractivity contribution in [3.63, 3.8) is 0 Å². The molecule has 0 spiro atoms. The molecule has 1 aliphatic carbocycles. The summed E-state index contributed by atoms with van der Waals surface area (Å²) in [6.07, 6.45) is 7.78. The first-order valence-electron chi connectivity index (χ1n) is 6.44. The van der Waals surface area contributed by atoms with E-state index in [2.05, 4.69) is 10.3 Å². The summed E-state index contributed by atoms with van der Waals surface area (Å²) in [6.45, 7) is 0.726. The third-order valence-corrected chi connectivity index (χ3v) is 3.45. The molecule has 1 fully saturated rings. The topological polar surface area (TPSA) is 65.8 Å². The van der Waals surface area contributed by atoms with Gasteiger partial charge < -0.3 is 5.32 Å². The quantitative estimate of drug-likeness (QED) is 0.882. The minimum atomic E-state index is -0.106. The standard InChI is InChI=1S/C14H17N3O/c15-9-13-6-5-12(10-17-13)14(18)16-8-7-11-3-1-2-4-11/h5-6,10-11H,1-4,7-8H2,(H,16,18). The van der Waals surface area contributed by atoms with Crippen molar-refractivity contribution >= 4 is 5.91 Å². The first kappa shape index (κ1) is 12.6. The van der Waals surface area contributed by atoms with Gasteiger partial charge in [0.15, 0.2) is 0 Å². The molecule has 1 aromatic heterocycles. The van der Waals surface area contributed by atoms with Gasteiger partial charge in [-0.25, -0.2) is 4.98 Å². The van der Waals surface area contributed by atoms with Crippen molar-refractivity contribution in [3.8, 4) is 6.07 Å². The number of carbonyl (C=O) groups excluding carboxylic acids is 1. The lowest BCUT2D eigenvalue weighted by molar-refractivity contribution is 0.0951. The average molecular weight is 243 g/mol. The maximum Gasteiger partial charge on any atom is 0.252 e.